The van der Waals surface area contributed by atoms with Gasteiger partial charge in [-0.05, 0) is 36.6 Å². The van der Waals surface area contributed by atoms with E-state index >= 15 is 0 Å². The largest absolute Gasteiger partial charge is 0.299 e. The number of ketones is 1. The summed E-state index contributed by atoms with van der Waals surface area (Å²) >= 11 is 0. The van der Waals surface area contributed by atoms with Crippen LogP contribution in [0.5, 0.6) is 0 Å². The predicted octanol–water partition coefficient (Wildman–Crippen LogP) is 1.06. The summed E-state index contributed by atoms with van der Waals surface area (Å²) in [5.41, 5.74) is 2.05. The van der Waals surface area contributed by atoms with Gasteiger partial charge >= 0.3 is 0 Å². The van der Waals surface area contributed by atoms with Gasteiger partial charge in [-0.1, -0.05) is 6.07 Å². The maximum atomic E-state index is 12.0. The molecule has 0 saturated carbocycles. The van der Waals surface area contributed by atoms with E-state index in [9.17, 15) is 13.2 Å². The Balaban J connectivity index is 2.41. The molecule has 0 aromatic heterocycles. The third-order valence-corrected chi connectivity index (χ3v) is 3.95. The summed E-state index contributed by atoms with van der Waals surface area (Å²) in [4.78, 5) is 12.0. The lowest BCUT2D eigenvalue weighted by molar-refractivity contribution is -0.121. The van der Waals surface area contributed by atoms with Crippen LogP contribution in [0.2, 0.25) is 0 Å². The van der Waals surface area contributed by atoms with Gasteiger partial charge in [0.25, 0.3) is 10.2 Å². The summed E-state index contributed by atoms with van der Waals surface area (Å²) in [7, 11) is -3.82. The molecule has 1 aliphatic rings. The van der Waals surface area contributed by atoms with Crippen molar-refractivity contribution in [2.24, 2.45) is 11.1 Å². The number of carbonyl (C=O) groups excluding carboxylic acids is 1. The average molecular weight is 293 g/mol. The molecular weight excluding hydrogens is 278 g/mol. The lowest BCUT2D eigenvalue weighted by Crippen LogP contribution is -2.26. The summed E-state index contributed by atoms with van der Waals surface area (Å²) < 4.78 is 24.2. The Hall–Kier alpha value is -1.91. The van der Waals surface area contributed by atoms with Gasteiger partial charge in [0.1, 0.15) is 5.78 Å². The fourth-order valence-corrected chi connectivity index (χ4v) is 3.02. The maximum Gasteiger partial charge on any atom is 0.296 e. The normalized spacial score (nSPS) is 19.9. The van der Waals surface area contributed by atoms with Crippen molar-refractivity contribution >= 4 is 21.7 Å². The molecule has 1 aromatic carbocycles. The number of rotatable bonds is 3. The second kappa shape index (κ2) is 5.23. The van der Waals surface area contributed by atoms with Crippen molar-refractivity contribution < 1.29 is 13.2 Å². The van der Waals surface area contributed by atoms with Gasteiger partial charge in [-0.3, -0.25) is 9.52 Å². The van der Waals surface area contributed by atoms with Gasteiger partial charge < -0.3 is 0 Å². The third kappa shape index (κ3) is 2.98. The van der Waals surface area contributed by atoms with Crippen LogP contribution in [0.25, 0.3) is 0 Å². The standard InChI is InChI=1S/C13H15N3O3S/c1-8(7-14)13-11-4-3-10(16-20(15,18)19)6-9(11)2-5-12(13)17/h3-4,6,8,13,16H,2,5H2,1H3,(H2,15,18,19)/t8-,13+/m1/s1. The molecule has 7 heteroatoms. The van der Waals surface area contributed by atoms with E-state index in [1.54, 1.807) is 25.1 Å². The first kappa shape index (κ1) is 14.5. The molecule has 20 heavy (non-hydrogen) atoms. The van der Waals surface area contributed by atoms with E-state index in [0.29, 0.717) is 18.5 Å². The molecule has 106 valence electrons. The first-order valence-electron chi connectivity index (χ1n) is 6.17. The first-order valence-corrected chi connectivity index (χ1v) is 7.72. The van der Waals surface area contributed by atoms with Gasteiger partial charge in [0.05, 0.1) is 23.6 Å². The minimum Gasteiger partial charge on any atom is -0.299 e. The van der Waals surface area contributed by atoms with Crippen LogP contribution in [-0.2, 0) is 21.4 Å². The molecule has 0 unspecified atom stereocenters. The number of nitriles is 1. The number of anilines is 1. The van der Waals surface area contributed by atoms with Crippen molar-refractivity contribution in [2.45, 2.75) is 25.7 Å². The molecule has 0 amide bonds. The Morgan fingerprint density at radius 1 is 1.45 bits per heavy atom. The van der Waals surface area contributed by atoms with E-state index in [1.165, 1.54) is 0 Å². The van der Waals surface area contributed by atoms with Crippen molar-refractivity contribution in [2.75, 3.05) is 4.72 Å². The Labute approximate surface area is 117 Å². The molecule has 2 rings (SSSR count). The van der Waals surface area contributed by atoms with E-state index in [0.717, 1.165) is 11.1 Å². The van der Waals surface area contributed by atoms with Crippen molar-refractivity contribution in [3.8, 4) is 6.07 Å². The number of nitrogens with zero attached hydrogens (tertiary/aromatic N) is 1. The number of nitrogens with one attached hydrogen (secondary N) is 1. The van der Waals surface area contributed by atoms with Crippen LogP contribution in [0.4, 0.5) is 5.69 Å². The first-order chi connectivity index (χ1) is 9.31. The molecule has 3 N–H and O–H groups in total. The summed E-state index contributed by atoms with van der Waals surface area (Å²) in [5.74, 6) is -0.787. The number of fused-ring (bicyclic) bond motifs is 1. The number of nitrogens with two attached hydrogens (primary N) is 1. The molecule has 0 heterocycles. The van der Waals surface area contributed by atoms with Gasteiger partial charge in [0, 0.05) is 6.42 Å². The minimum absolute atomic E-state index is 0.0544. The number of benzene rings is 1. The molecular formula is C13H15N3O3S. The van der Waals surface area contributed by atoms with Gasteiger partial charge in [0.2, 0.25) is 0 Å². The number of hydrogen-bond donors (Lipinski definition) is 2. The van der Waals surface area contributed by atoms with Crippen LogP contribution >= 0.6 is 0 Å². The van der Waals surface area contributed by atoms with Crippen LogP contribution < -0.4 is 9.86 Å². The zero-order valence-corrected chi connectivity index (χ0v) is 11.8. The summed E-state index contributed by atoms with van der Waals surface area (Å²) in [6, 6.07) is 7.02. The predicted molar refractivity (Wildman–Crippen MR) is 74.0 cm³/mol. The topological polar surface area (TPSA) is 113 Å². The van der Waals surface area contributed by atoms with Crippen LogP contribution in [0.15, 0.2) is 18.2 Å². The minimum atomic E-state index is -3.82. The molecule has 2 atom stereocenters. The molecule has 0 aliphatic heterocycles. The van der Waals surface area contributed by atoms with E-state index < -0.39 is 22.0 Å². The van der Waals surface area contributed by atoms with Crippen LogP contribution in [-0.4, -0.2) is 14.2 Å². The second-order valence-corrected chi connectivity index (χ2v) is 6.22. The molecule has 1 aliphatic carbocycles. The maximum absolute atomic E-state index is 12.0. The van der Waals surface area contributed by atoms with Crippen LogP contribution in [0, 0.1) is 17.2 Å². The van der Waals surface area contributed by atoms with Crippen molar-refractivity contribution in [1.82, 2.24) is 0 Å². The monoisotopic (exact) mass is 293 g/mol. The number of hydrogen-bond acceptors (Lipinski definition) is 4. The van der Waals surface area contributed by atoms with Crippen molar-refractivity contribution in [1.29, 1.82) is 5.26 Å². The fourth-order valence-electron chi connectivity index (χ4n) is 2.56. The second-order valence-electron chi connectivity index (χ2n) is 4.92. The molecule has 1 aromatic rings. The Morgan fingerprint density at radius 3 is 2.75 bits per heavy atom. The van der Waals surface area contributed by atoms with Gasteiger partial charge in [-0.2, -0.15) is 13.7 Å². The smallest absolute Gasteiger partial charge is 0.296 e. The lowest BCUT2D eigenvalue weighted by atomic mass is 9.76. The molecule has 0 spiro atoms. The van der Waals surface area contributed by atoms with E-state index in [-0.39, 0.29) is 5.78 Å². The fraction of sp³-hybridized carbons (Fsp3) is 0.385. The SMILES string of the molecule is C[C@H](C#N)[C@@H]1C(=O)CCc2cc(NS(N)(=O)=O)ccc21. The highest BCUT2D eigenvalue weighted by molar-refractivity contribution is 7.90. The van der Waals surface area contributed by atoms with E-state index in [1.807, 2.05) is 0 Å². The zero-order valence-electron chi connectivity index (χ0n) is 11.0. The lowest BCUT2D eigenvalue weighted by Gasteiger charge is -2.26. The Bertz CT molecular complexity index is 691. The van der Waals surface area contributed by atoms with Gasteiger partial charge in [-0.15, -0.1) is 0 Å². The quantitative estimate of drug-likeness (QED) is 0.867. The number of Topliss-reactive ketones (excluding diaryl/α,β-unsaturated/α-hetero) is 1. The summed E-state index contributed by atoms with van der Waals surface area (Å²) in [6.45, 7) is 1.72. The van der Waals surface area contributed by atoms with Gasteiger partial charge in [0.15, 0.2) is 0 Å². The highest BCUT2D eigenvalue weighted by Crippen LogP contribution is 2.35. The summed E-state index contributed by atoms with van der Waals surface area (Å²) in [5, 5.41) is 14.0. The van der Waals surface area contributed by atoms with E-state index in [2.05, 4.69) is 10.8 Å². The van der Waals surface area contributed by atoms with Gasteiger partial charge in [-0.25, -0.2) is 5.14 Å². The molecule has 0 fully saturated rings. The highest BCUT2D eigenvalue weighted by atomic mass is 32.2. The number of aryl methyl sites for hydroxylation is 1. The Kier molecular flexibility index (Phi) is 3.79. The highest BCUT2D eigenvalue weighted by Gasteiger charge is 2.32. The van der Waals surface area contributed by atoms with E-state index in [4.69, 9.17) is 10.4 Å². The Morgan fingerprint density at radius 2 is 2.15 bits per heavy atom. The molecule has 0 saturated heterocycles. The molecule has 6 nitrogen and oxygen atoms in total. The van der Waals surface area contributed by atoms with Crippen LogP contribution in [0.1, 0.15) is 30.4 Å². The molecule has 0 bridgehead atoms. The molecule has 0 radical (unpaired) electrons. The average Bonchev–Trinajstić information content (AvgIpc) is 2.36. The zero-order chi connectivity index (χ0) is 14.9. The summed E-state index contributed by atoms with van der Waals surface area (Å²) in [6.07, 6.45) is 0.908. The number of carbonyl (C=O) groups is 1. The van der Waals surface area contributed by atoms with Crippen molar-refractivity contribution in [3.63, 3.8) is 0 Å². The van der Waals surface area contributed by atoms with Crippen LogP contribution in [0.3, 0.4) is 0 Å². The third-order valence-electron chi connectivity index (χ3n) is 3.43. The van der Waals surface area contributed by atoms with Crippen molar-refractivity contribution in [3.05, 3.63) is 29.3 Å².